The number of amides is 1. The molecule has 0 saturated heterocycles. The summed E-state index contributed by atoms with van der Waals surface area (Å²) in [6, 6.07) is 9.93. The van der Waals surface area contributed by atoms with E-state index in [-0.39, 0.29) is 22.9 Å². The highest BCUT2D eigenvalue weighted by Crippen LogP contribution is 2.28. The Balaban J connectivity index is 1.72. The first-order chi connectivity index (χ1) is 14.8. The first-order valence-electron chi connectivity index (χ1n) is 8.43. The van der Waals surface area contributed by atoms with E-state index in [0.717, 1.165) is 18.5 Å². The molecule has 0 aliphatic heterocycles. The molecule has 0 aliphatic carbocycles. The second-order valence-corrected chi connectivity index (χ2v) is 5.82. The van der Waals surface area contributed by atoms with Crippen molar-refractivity contribution in [1.82, 2.24) is 15.4 Å². The van der Waals surface area contributed by atoms with Crippen molar-refractivity contribution in [2.75, 3.05) is 16.3 Å². The molecule has 0 bridgehead atoms. The maximum Gasteiger partial charge on any atom is 0.356 e. The van der Waals surface area contributed by atoms with E-state index in [4.69, 9.17) is 0 Å². The summed E-state index contributed by atoms with van der Waals surface area (Å²) in [6.45, 7) is 0. The number of nitrogens with zero attached hydrogens (tertiary/aromatic N) is 4. The molecule has 3 rings (SSSR count). The largest absolute Gasteiger partial charge is 0.356 e. The number of carbonyl (C=O) groups excluding carboxylic acids is 1. The lowest BCUT2D eigenvalue weighted by Crippen LogP contribution is -2.30. The van der Waals surface area contributed by atoms with Crippen LogP contribution in [-0.2, 0) is 0 Å². The smallest absolute Gasteiger partial charge is 0.299 e. The molecule has 0 fully saturated rings. The van der Waals surface area contributed by atoms with Gasteiger partial charge in [0, 0.05) is 17.7 Å². The van der Waals surface area contributed by atoms with Crippen molar-refractivity contribution in [2.24, 2.45) is 0 Å². The van der Waals surface area contributed by atoms with Gasteiger partial charge >= 0.3 is 5.69 Å². The predicted octanol–water partition coefficient (Wildman–Crippen LogP) is 2.63. The lowest BCUT2D eigenvalue weighted by molar-refractivity contribution is -0.384. The zero-order valence-electron chi connectivity index (χ0n) is 15.4. The Hall–Kier alpha value is -4.88. The molecule has 13 nitrogen and oxygen atoms in total. The van der Waals surface area contributed by atoms with Gasteiger partial charge in [-0.05, 0) is 36.4 Å². The number of hydrogen-bond donors (Lipinski definition) is 4. The van der Waals surface area contributed by atoms with Gasteiger partial charge in [0.1, 0.15) is 12.1 Å². The minimum atomic E-state index is -0.772. The number of anilines is 3. The normalized spacial score (nSPS) is 10.1. The molecule has 158 valence electrons. The molecule has 0 unspecified atom stereocenters. The van der Waals surface area contributed by atoms with E-state index in [1.54, 1.807) is 0 Å². The molecule has 0 spiro atoms. The van der Waals surface area contributed by atoms with E-state index in [9.17, 15) is 29.4 Å². The fourth-order valence-electron chi connectivity index (χ4n) is 2.32. The monoisotopic (exact) mass is 428 g/mol. The average molecular weight is 428 g/mol. The molecule has 1 heterocycles. The van der Waals surface area contributed by atoms with Crippen molar-refractivity contribution in [3.8, 4) is 0 Å². The van der Waals surface area contributed by atoms with E-state index in [0.29, 0.717) is 5.69 Å². The number of nitro groups is 2. The number of halogens is 1. The van der Waals surface area contributed by atoms with Gasteiger partial charge in [-0.3, -0.25) is 46.7 Å². The van der Waals surface area contributed by atoms with E-state index in [1.807, 2.05) is 0 Å². The fourth-order valence-corrected chi connectivity index (χ4v) is 2.32. The summed E-state index contributed by atoms with van der Waals surface area (Å²) in [5, 5.41) is 22.2. The van der Waals surface area contributed by atoms with Crippen LogP contribution in [0, 0.1) is 26.0 Å². The van der Waals surface area contributed by atoms with Crippen molar-refractivity contribution >= 4 is 34.6 Å². The van der Waals surface area contributed by atoms with Gasteiger partial charge in [0.15, 0.2) is 0 Å². The van der Waals surface area contributed by atoms with Crippen LogP contribution in [0.4, 0.5) is 33.1 Å². The van der Waals surface area contributed by atoms with Crippen LogP contribution in [0.25, 0.3) is 0 Å². The van der Waals surface area contributed by atoms with Gasteiger partial charge in [0.25, 0.3) is 11.6 Å². The number of benzene rings is 2. The number of aromatic nitrogens is 2. The van der Waals surface area contributed by atoms with E-state index >= 15 is 0 Å². The SMILES string of the molecule is O=C(NNc1ncnc(NNc2ccc([N+](=O)[O-])cc2)c1[N+](=O)[O-])c1ccc(F)cc1. The van der Waals surface area contributed by atoms with Crippen LogP contribution < -0.4 is 21.7 Å². The van der Waals surface area contributed by atoms with Crippen LogP contribution in [0.5, 0.6) is 0 Å². The number of nitro benzene ring substituents is 1. The van der Waals surface area contributed by atoms with Gasteiger partial charge in [-0.1, -0.05) is 0 Å². The minimum Gasteiger partial charge on any atom is -0.299 e. The molecule has 2 aromatic carbocycles. The third-order valence-electron chi connectivity index (χ3n) is 3.81. The number of hydrazine groups is 2. The van der Waals surface area contributed by atoms with Crippen molar-refractivity contribution < 1.29 is 19.0 Å². The van der Waals surface area contributed by atoms with Crippen molar-refractivity contribution in [3.05, 3.63) is 86.5 Å². The zero-order valence-corrected chi connectivity index (χ0v) is 15.4. The Labute approximate surface area is 172 Å². The Kier molecular flexibility index (Phi) is 6.10. The third-order valence-corrected chi connectivity index (χ3v) is 3.81. The number of hydrogen-bond acceptors (Lipinski definition) is 10. The van der Waals surface area contributed by atoms with E-state index in [1.165, 1.54) is 36.4 Å². The second-order valence-electron chi connectivity index (χ2n) is 5.82. The molecule has 31 heavy (non-hydrogen) atoms. The second kappa shape index (κ2) is 9.08. The molecule has 1 aromatic heterocycles. The highest BCUT2D eigenvalue weighted by Gasteiger charge is 2.23. The molecule has 4 N–H and O–H groups in total. The Bertz CT molecular complexity index is 1120. The fraction of sp³-hybridized carbons (Fsp3) is 0. The number of carbonyl (C=O) groups is 1. The van der Waals surface area contributed by atoms with Gasteiger partial charge in [-0.25, -0.2) is 14.4 Å². The first kappa shape index (κ1) is 20.8. The van der Waals surface area contributed by atoms with Crippen LogP contribution in [0.15, 0.2) is 54.9 Å². The molecular formula is C17H13FN8O5. The predicted molar refractivity (Wildman–Crippen MR) is 107 cm³/mol. The van der Waals surface area contributed by atoms with Crippen LogP contribution in [0.2, 0.25) is 0 Å². The summed E-state index contributed by atoms with van der Waals surface area (Å²) in [4.78, 5) is 40.5. The van der Waals surface area contributed by atoms with Gasteiger partial charge in [-0.15, -0.1) is 0 Å². The molecule has 0 aliphatic rings. The Morgan fingerprint density at radius 1 is 0.839 bits per heavy atom. The average Bonchev–Trinajstić information content (AvgIpc) is 2.76. The van der Waals surface area contributed by atoms with Gasteiger partial charge in [-0.2, -0.15) is 0 Å². The summed E-state index contributed by atoms with van der Waals surface area (Å²) < 4.78 is 13.0. The molecular weight excluding hydrogens is 415 g/mol. The highest BCUT2D eigenvalue weighted by molar-refractivity contribution is 5.95. The lowest BCUT2D eigenvalue weighted by atomic mass is 10.2. The topological polar surface area (TPSA) is 177 Å². The van der Waals surface area contributed by atoms with Crippen LogP contribution >= 0.6 is 0 Å². The standard InChI is InChI=1S/C17H13FN8O5/c18-11-3-1-10(2-4-11)17(27)24-23-16-14(26(30)31)15(19-9-20-16)22-21-12-5-7-13(8-6-12)25(28)29/h1-9,21H,(H,24,27)(H2,19,20,22,23). The Morgan fingerprint density at radius 3 is 2.03 bits per heavy atom. The maximum atomic E-state index is 13.0. The van der Waals surface area contributed by atoms with E-state index < -0.39 is 27.3 Å². The molecule has 0 atom stereocenters. The zero-order chi connectivity index (χ0) is 22.4. The molecule has 0 radical (unpaired) electrons. The van der Waals surface area contributed by atoms with Gasteiger partial charge in [0.2, 0.25) is 11.6 Å². The maximum absolute atomic E-state index is 13.0. The summed E-state index contributed by atoms with van der Waals surface area (Å²) in [5.74, 6) is -1.75. The van der Waals surface area contributed by atoms with E-state index in [2.05, 4.69) is 31.7 Å². The van der Waals surface area contributed by atoms with Crippen molar-refractivity contribution in [2.45, 2.75) is 0 Å². The number of nitrogens with one attached hydrogen (secondary N) is 4. The minimum absolute atomic E-state index is 0.115. The lowest BCUT2D eigenvalue weighted by Gasteiger charge is -2.12. The molecule has 1 amide bonds. The molecule has 0 saturated carbocycles. The van der Waals surface area contributed by atoms with Crippen LogP contribution in [-0.4, -0.2) is 25.7 Å². The quantitative estimate of drug-likeness (QED) is 0.308. The number of rotatable bonds is 8. The summed E-state index contributed by atoms with van der Waals surface area (Å²) in [7, 11) is 0. The van der Waals surface area contributed by atoms with Gasteiger partial charge in [0.05, 0.1) is 15.5 Å². The summed E-state index contributed by atoms with van der Waals surface area (Å²) >= 11 is 0. The summed E-state index contributed by atoms with van der Waals surface area (Å²) in [6.07, 6.45) is 1.01. The highest BCUT2D eigenvalue weighted by atomic mass is 19.1. The third kappa shape index (κ3) is 5.14. The van der Waals surface area contributed by atoms with Gasteiger partial charge < -0.3 is 0 Å². The van der Waals surface area contributed by atoms with Crippen molar-refractivity contribution in [1.29, 1.82) is 0 Å². The molecule has 3 aromatic rings. The first-order valence-corrected chi connectivity index (χ1v) is 8.43. The van der Waals surface area contributed by atoms with Crippen LogP contribution in [0.1, 0.15) is 10.4 Å². The van der Waals surface area contributed by atoms with Crippen LogP contribution in [0.3, 0.4) is 0 Å². The number of non-ortho nitro benzene ring substituents is 1. The van der Waals surface area contributed by atoms with Crippen molar-refractivity contribution in [3.63, 3.8) is 0 Å². The summed E-state index contributed by atoms with van der Waals surface area (Å²) in [5.41, 5.74) is 9.49. The Morgan fingerprint density at radius 2 is 1.45 bits per heavy atom. The molecule has 14 heteroatoms.